The summed E-state index contributed by atoms with van der Waals surface area (Å²) >= 11 is 5.69. The average molecular weight is 289 g/mol. The van der Waals surface area contributed by atoms with Crippen LogP contribution in [0.3, 0.4) is 0 Å². The van der Waals surface area contributed by atoms with Gasteiger partial charge in [-0.15, -0.1) is 0 Å². The standard InChI is InChI=1S/C13H8ClF3O2/c14-9-5-8(15)1-2-12(9)19-13-10(16)3-7(6-18)4-11(13)17/h1-5,18H,6H2. The van der Waals surface area contributed by atoms with Crippen LogP contribution in [0, 0.1) is 17.5 Å². The van der Waals surface area contributed by atoms with Crippen molar-refractivity contribution in [2.45, 2.75) is 6.61 Å². The number of ether oxygens (including phenoxy) is 1. The van der Waals surface area contributed by atoms with Gasteiger partial charge in [-0.05, 0) is 35.9 Å². The molecule has 0 amide bonds. The van der Waals surface area contributed by atoms with E-state index >= 15 is 0 Å². The first kappa shape index (κ1) is 13.7. The Morgan fingerprint density at radius 3 is 2.21 bits per heavy atom. The van der Waals surface area contributed by atoms with Gasteiger partial charge in [-0.25, -0.2) is 13.2 Å². The van der Waals surface area contributed by atoms with Gasteiger partial charge < -0.3 is 9.84 Å². The highest BCUT2D eigenvalue weighted by Crippen LogP contribution is 2.33. The van der Waals surface area contributed by atoms with Gasteiger partial charge in [-0.3, -0.25) is 0 Å². The lowest BCUT2D eigenvalue weighted by Crippen LogP contribution is -1.96. The van der Waals surface area contributed by atoms with Gasteiger partial charge in [0.1, 0.15) is 11.6 Å². The number of rotatable bonds is 3. The summed E-state index contributed by atoms with van der Waals surface area (Å²) in [7, 11) is 0. The number of hydrogen-bond acceptors (Lipinski definition) is 2. The molecule has 6 heteroatoms. The maximum absolute atomic E-state index is 13.6. The Bertz CT molecular complexity index is 594. The van der Waals surface area contributed by atoms with Crippen LogP contribution in [0.1, 0.15) is 5.56 Å². The molecule has 19 heavy (non-hydrogen) atoms. The molecule has 0 unspecified atom stereocenters. The highest BCUT2D eigenvalue weighted by molar-refractivity contribution is 6.32. The molecule has 2 rings (SSSR count). The van der Waals surface area contributed by atoms with Crippen molar-refractivity contribution in [1.29, 1.82) is 0 Å². The SMILES string of the molecule is OCc1cc(F)c(Oc2ccc(F)cc2Cl)c(F)c1. The van der Waals surface area contributed by atoms with Gasteiger partial charge in [0, 0.05) is 0 Å². The van der Waals surface area contributed by atoms with Gasteiger partial charge >= 0.3 is 0 Å². The van der Waals surface area contributed by atoms with E-state index < -0.39 is 29.8 Å². The lowest BCUT2D eigenvalue weighted by molar-refractivity contribution is 0.279. The van der Waals surface area contributed by atoms with Crippen molar-refractivity contribution < 1.29 is 23.0 Å². The van der Waals surface area contributed by atoms with Crippen LogP contribution in [0.4, 0.5) is 13.2 Å². The number of aliphatic hydroxyl groups excluding tert-OH is 1. The van der Waals surface area contributed by atoms with Gasteiger partial charge in [0.05, 0.1) is 11.6 Å². The Balaban J connectivity index is 2.38. The van der Waals surface area contributed by atoms with E-state index in [4.69, 9.17) is 21.4 Å². The first-order valence-electron chi connectivity index (χ1n) is 5.23. The molecule has 0 atom stereocenters. The van der Waals surface area contributed by atoms with Crippen LogP contribution in [0.15, 0.2) is 30.3 Å². The molecule has 0 saturated carbocycles. The molecule has 0 spiro atoms. The summed E-state index contributed by atoms with van der Waals surface area (Å²) in [5, 5.41) is 8.70. The second kappa shape index (κ2) is 5.50. The topological polar surface area (TPSA) is 29.5 Å². The number of hydrogen-bond donors (Lipinski definition) is 1. The molecule has 2 aromatic rings. The Labute approximate surface area is 112 Å². The summed E-state index contributed by atoms with van der Waals surface area (Å²) < 4.78 is 45.0. The maximum atomic E-state index is 13.6. The molecule has 2 nitrogen and oxygen atoms in total. The molecule has 0 aromatic heterocycles. The van der Waals surface area contributed by atoms with Crippen LogP contribution in [0.2, 0.25) is 5.02 Å². The number of aliphatic hydroxyl groups is 1. The molecule has 0 heterocycles. The summed E-state index contributed by atoms with van der Waals surface area (Å²) in [6, 6.07) is 5.07. The fraction of sp³-hybridized carbons (Fsp3) is 0.0769. The lowest BCUT2D eigenvalue weighted by atomic mass is 10.2. The van der Waals surface area contributed by atoms with E-state index in [1.54, 1.807) is 0 Å². The summed E-state index contributed by atoms with van der Waals surface area (Å²) in [5.41, 5.74) is 0.0764. The van der Waals surface area contributed by atoms with E-state index in [9.17, 15) is 13.2 Å². The summed E-state index contributed by atoms with van der Waals surface area (Å²) in [6.45, 7) is -0.495. The van der Waals surface area contributed by atoms with Crippen molar-refractivity contribution in [2.75, 3.05) is 0 Å². The van der Waals surface area contributed by atoms with Gasteiger partial charge in [-0.2, -0.15) is 0 Å². The summed E-state index contributed by atoms with van der Waals surface area (Å²) in [5.74, 6) is -3.29. The molecule has 2 aromatic carbocycles. The first-order chi connectivity index (χ1) is 9.01. The summed E-state index contributed by atoms with van der Waals surface area (Å²) in [4.78, 5) is 0. The minimum Gasteiger partial charge on any atom is -0.450 e. The monoisotopic (exact) mass is 288 g/mol. The largest absolute Gasteiger partial charge is 0.450 e. The van der Waals surface area contributed by atoms with Crippen molar-refractivity contribution in [1.82, 2.24) is 0 Å². The van der Waals surface area contributed by atoms with Crippen LogP contribution in [0.5, 0.6) is 11.5 Å². The maximum Gasteiger partial charge on any atom is 0.198 e. The molecule has 0 radical (unpaired) electrons. The molecule has 0 fully saturated rings. The zero-order chi connectivity index (χ0) is 14.0. The van der Waals surface area contributed by atoms with Crippen LogP contribution in [-0.4, -0.2) is 5.11 Å². The van der Waals surface area contributed by atoms with Crippen molar-refractivity contribution in [3.63, 3.8) is 0 Å². The van der Waals surface area contributed by atoms with Gasteiger partial charge in [0.2, 0.25) is 0 Å². The van der Waals surface area contributed by atoms with E-state index in [1.165, 1.54) is 0 Å². The molecule has 0 aliphatic rings. The van der Waals surface area contributed by atoms with E-state index in [0.717, 1.165) is 30.3 Å². The Morgan fingerprint density at radius 1 is 1.05 bits per heavy atom. The van der Waals surface area contributed by atoms with Crippen LogP contribution < -0.4 is 4.74 Å². The number of benzene rings is 2. The highest BCUT2D eigenvalue weighted by Gasteiger charge is 2.15. The third-order valence-electron chi connectivity index (χ3n) is 2.35. The molecule has 0 bridgehead atoms. The molecule has 100 valence electrons. The van der Waals surface area contributed by atoms with Gasteiger partial charge in [-0.1, -0.05) is 11.6 Å². The summed E-state index contributed by atoms with van der Waals surface area (Å²) in [6.07, 6.45) is 0. The second-order valence-electron chi connectivity index (χ2n) is 3.72. The zero-order valence-electron chi connectivity index (χ0n) is 9.46. The third kappa shape index (κ3) is 3.00. The Morgan fingerprint density at radius 2 is 1.68 bits per heavy atom. The molecular weight excluding hydrogens is 281 g/mol. The smallest absolute Gasteiger partial charge is 0.198 e. The van der Waals surface area contributed by atoms with Gasteiger partial charge in [0.15, 0.2) is 17.4 Å². The second-order valence-corrected chi connectivity index (χ2v) is 4.13. The van der Waals surface area contributed by atoms with Crippen molar-refractivity contribution in [3.05, 3.63) is 58.4 Å². The normalized spacial score (nSPS) is 10.6. The van der Waals surface area contributed by atoms with E-state index in [1.807, 2.05) is 0 Å². The highest BCUT2D eigenvalue weighted by atomic mass is 35.5. The minimum absolute atomic E-state index is 0.0717. The zero-order valence-corrected chi connectivity index (χ0v) is 10.2. The Hall–Kier alpha value is -1.72. The molecule has 0 aliphatic carbocycles. The fourth-order valence-electron chi connectivity index (χ4n) is 1.47. The molecule has 0 saturated heterocycles. The van der Waals surface area contributed by atoms with Crippen molar-refractivity contribution in [3.8, 4) is 11.5 Å². The Kier molecular flexibility index (Phi) is 3.97. The predicted octanol–water partition coefficient (Wildman–Crippen LogP) is 4.04. The average Bonchev–Trinajstić information content (AvgIpc) is 2.35. The van der Waals surface area contributed by atoms with E-state index in [0.29, 0.717) is 0 Å². The third-order valence-corrected chi connectivity index (χ3v) is 2.64. The van der Waals surface area contributed by atoms with Crippen molar-refractivity contribution >= 4 is 11.6 Å². The van der Waals surface area contributed by atoms with Crippen LogP contribution >= 0.6 is 11.6 Å². The predicted molar refractivity (Wildman–Crippen MR) is 63.8 cm³/mol. The first-order valence-corrected chi connectivity index (χ1v) is 5.60. The molecule has 0 aliphatic heterocycles. The quantitative estimate of drug-likeness (QED) is 0.923. The van der Waals surface area contributed by atoms with E-state index in [-0.39, 0.29) is 16.3 Å². The lowest BCUT2D eigenvalue weighted by Gasteiger charge is -2.10. The van der Waals surface area contributed by atoms with Crippen molar-refractivity contribution in [2.24, 2.45) is 0 Å². The number of halogens is 4. The van der Waals surface area contributed by atoms with Crippen LogP contribution in [0.25, 0.3) is 0 Å². The van der Waals surface area contributed by atoms with Gasteiger partial charge in [0.25, 0.3) is 0 Å². The van der Waals surface area contributed by atoms with Crippen LogP contribution in [-0.2, 0) is 6.61 Å². The minimum atomic E-state index is -0.982. The fourth-order valence-corrected chi connectivity index (χ4v) is 1.67. The van der Waals surface area contributed by atoms with E-state index in [2.05, 4.69) is 0 Å². The molecule has 1 N–H and O–H groups in total. The molecular formula is C13H8ClF3O2.